The molecule has 0 saturated carbocycles. The van der Waals surface area contributed by atoms with Gasteiger partial charge in [0.15, 0.2) is 5.16 Å². The van der Waals surface area contributed by atoms with E-state index < -0.39 is 0 Å². The van der Waals surface area contributed by atoms with Crippen molar-refractivity contribution in [3.05, 3.63) is 78.4 Å². The lowest BCUT2D eigenvalue weighted by Crippen LogP contribution is -2.14. The molecule has 32 heavy (non-hydrogen) atoms. The van der Waals surface area contributed by atoms with E-state index in [1.807, 2.05) is 78.3 Å². The van der Waals surface area contributed by atoms with E-state index in [9.17, 15) is 4.79 Å². The van der Waals surface area contributed by atoms with Gasteiger partial charge in [-0.25, -0.2) is 4.98 Å². The first kappa shape index (κ1) is 20.3. The lowest BCUT2D eigenvalue weighted by atomic mass is 10.1. The molecule has 5 aromatic rings. The topological polar surface area (TPSA) is 88.5 Å². The Labute approximate surface area is 189 Å². The summed E-state index contributed by atoms with van der Waals surface area (Å²) in [4.78, 5) is 20.5. The van der Waals surface area contributed by atoms with Crippen molar-refractivity contribution in [2.45, 2.75) is 18.0 Å². The normalized spacial score (nSPS) is 11.3. The smallest absolute Gasteiger partial charge is 0.234 e. The van der Waals surface area contributed by atoms with Crippen LogP contribution in [0.15, 0.2) is 71.9 Å². The van der Waals surface area contributed by atoms with Crippen LogP contribution in [-0.4, -0.2) is 36.4 Å². The highest BCUT2D eigenvalue weighted by Gasteiger charge is 2.13. The zero-order valence-electron chi connectivity index (χ0n) is 17.6. The number of benzene rings is 3. The van der Waals surface area contributed by atoms with Crippen LogP contribution in [0.4, 0.5) is 5.69 Å². The molecule has 160 valence electrons. The van der Waals surface area contributed by atoms with Crippen LogP contribution in [0, 0.1) is 0 Å². The fraction of sp³-hybridized carbons (Fsp3) is 0.167. The Bertz CT molecular complexity index is 1370. The molecular formula is C24H22N6OS. The van der Waals surface area contributed by atoms with Gasteiger partial charge in [0.05, 0.1) is 16.8 Å². The predicted octanol–water partition coefficient (Wildman–Crippen LogP) is 4.36. The van der Waals surface area contributed by atoms with Crippen LogP contribution in [0.5, 0.6) is 0 Å². The van der Waals surface area contributed by atoms with E-state index in [1.54, 1.807) is 0 Å². The van der Waals surface area contributed by atoms with Crippen LogP contribution in [0.3, 0.4) is 0 Å². The molecule has 0 saturated heterocycles. The number of aromatic nitrogens is 5. The third-order valence-corrected chi connectivity index (χ3v) is 6.37. The number of amides is 1. The second kappa shape index (κ2) is 8.84. The van der Waals surface area contributed by atoms with Gasteiger partial charge in [-0.05, 0) is 23.6 Å². The van der Waals surface area contributed by atoms with Gasteiger partial charge in [0.1, 0.15) is 11.6 Å². The molecule has 5 rings (SSSR count). The van der Waals surface area contributed by atoms with Gasteiger partial charge in [0.25, 0.3) is 0 Å². The minimum absolute atomic E-state index is 0.0711. The third kappa shape index (κ3) is 4.22. The molecule has 0 aliphatic heterocycles. The molecule has 0 aliphatic rings. The van der Waals surface area contributed by atoms with Crippen LogP contribution in [-0.2, 0) is 24.7 Å². The number of fused-ring (bicyclic) bond motifs is 2. The fourth-order valence-corrected chi connectivity index (χ4v) is 4.42. The Balaban J connectivity index is 1.19. The number of aromatic amines is 1. The van der Waals surface area contributed by atoms with E-state index in [2.05, 4.69) is 25.5 Å². The lowest BCUT2D eigenvalue weighted by molar-refractivity contribution is -0.113. The van der Waals surface area contributed by atoms with Gasteiger partial charge < -0.3 is 14.9 Å². The van der Waals surface area contributed by atoms with Crippen molar-refractivity contribution in [3.63, 3.8) is 0 Å². The summed E-state index contributed by atoms with van der Waals surface area (Å²) in [5.41, 5.74) is 2.82. The largest absolute Gasteiger partial charge is 0.342 e. The molecule has 0 bridgehead atoms. The Hall–Kier alpha value is -3.65. The third-order valence-electron chi connectivity index (χ3n) is 5.34. The van der Waals surface area contributed by atoms with Gasteiger partial charge in [-0.2, -0.15) is 0 Å². The first-order valence-corrected chi connectivity index (χ1v) is 11.4. The summed E-state index contributed by atoms with van der Waals surface area (Å²) in [6.45, 7) is 0. The van der Waals surface area contributed by atoms with Gasteiger partial charge in [0.2, 0.25) is 5.91 Å². The summed E-state index contributed by atoms with van der Waals surface area (Å²) >= 11 is 1.38. The van der Waals surface area contributed by atoms with Crippen LogP contribution in [0.2, 0.25) is 0 Å². The van der Waals surface area contributed by atoms with E-state index in [0.717, 1.165) is 50.7 Å². The molecule has 2 heterocycles. The molecule has 0 fully saturated rings. The van der Waals surface area contributed by atoms with Gasteiger partial charge in [-0.1, -0.05) is 60.3 Å². The predicted molar refractivity (Wildman–Crippen MR) is 128 cm³/mol. The highest BCUT2D eigenvalue weighted by Crippen LogP contribution is 2.24. The molecule has 1 amide bonds. The number of imidazole rings is 1. The number of aryl methyl sites for hydroxylation is 2. The fourth-order valence-electron chi connectivity index (χ4n) is 3.69. The molecule has 0 radical (unpaired) electrons. The van der Waals surface area contributed by atoms with Crippen molar-refractivity contribution in [3.8, 4) is 0 Å². The monoisotopic (exact) mass is 442 g/mol. The maximum Gasteiger partial charge on any atom is 0.234 e. The standard InChI is InChI=1S/C24H22N6OS/c1-30-22(14-13-21-25-19-10-4-5-11-20(19)26-21)28-29-24(30)32-15-23(31)27-18-12-6-8-16-7-2-3-9-17(16)18/h2-12H,13-15H2,1H3,(H,25,26)(H,27,31). The average Bonchev–Trinajstić information content (AvgIpc) is 3.39. The van der Waals surface area contributed by atoms with E-state index in [-0.39, 0.29) is 11.7 Å². The molecule has 2 N–H and O–H groups in total. The van der Waals surface area contributed by atoms with Crippen LogP contribution < -0.4 is 5.32 Å². The molecule has 0 atom stereocenters. The number of rotatable bonds is 7. The number of anilines is 1. The molecule has 3 aromatic carbocycles. The van der Waals surface area contributed by atoms with Crippen molar-refractivity contribution >= 4 is 45.2 Å². The summed E-state index contributed by atoms with van der Waals surface area (Å²) in [5, 5.41) is 14.4. The molecule has 2 aromatic heterocycles. The van der Waals surface area contributed by atoms with Gasteiger partial charge in [-0.3, -0.25) is 4.79 Å². The van der Waals surface area contributed by atoms with Crippen molar-refractivity contribution < 1.29 is 4.79 Å². The Morgan fingerprint density at radius 1 is 1.00 bits per heavy atom. The first-order valence-electron chi connectivity index (χ1n) is 10.4. The van der Waals surface area contributed by atoms with E-state index in [0.29, 0.717) is 6.42 Å². The maximum atomic E-state index is 12.5. The zero-order chi connectivity index (χ0) is 21.9. The molecule has 8 heteroatoms. The van der Waals surface area contributed by atoms with Crippen molar-refractivity contribution in [2.75, 3.05) is 11.1 Å². The highest BCUT2D eigenvalue weighted by atomic mass is 32.2. The Morgan fingerprint density at radius 2 is 1.81 bits per heavy atom. The van der Waals surface area contributed by atoms with Crippen molar-refractivity contribution in [2.24, 2.45) is 7.05 Å². The number of nitrogens with one attached hydrogen (secondary N) is 2. The molecular weight excluding hydrogens is 420 g/mol. The van der Waals surface area contributed by atoms with E-state index in [1.165, 1.54) is 11.8 Å². The van der Waals surface area contributed by atoms with E-state index >= 15 is 0 Å². The molecule has 0 unspecified atom stereocenters. The highest BCUT2D eigenvalue weighted by molar-refractivity contribution is 7.99. The number of nitrogens with zero attached hydrogens (tertiary/aromatic N) is 4. The minimum Gasteiger partial charge on any atom is -0.342 e. The van der Waals surface area contributed by atoms with Crippen molar-refractivity contribution in [1.82, 2.24) is 24.7 Å². The lowest BCUT2D eigenvalue weighted by Gasteiger charge is -2.08. The molecule has 0 spiro atoms. The van der Waals surface area contributed by atoms with Crippen LogP contribution in [0.25, 0.3) is 21.8 Å². The van der Waals surface area contributed by atoms with Crippen LogP contribution in [0.1, 0.15) is 11.6 Å². The minimum atomic E-state index is -0.0711. The molecule has 7 nitrogen and oxygen atoms in total. The molecule has 0 aliphatic carbocycles. The zero-order valence-corrected chi connectivity index (χ0v) is 18.4. The summed E-state index contributed by atoms with van der Waals surface area (Å²) < 4.78 is 1.94. The first-order chi connectivity index (χ1) is 15.7. The number of thioether (sulfide) groups is 1. The second-order valence-corrected chi connectivity index (χ2v) is 8.46. The van der Waals surface area contributed by atoms with Crippen molar-refractivity contribution in [1.29, 1.82) is 0 Å². The van der Waals surface area contributed by atoms with Crippen LogP contribution >= 0.6 is 11.8 Å². The average molecular weight is 443 g/mol. The summed E-state index contributed by atoms with van der Waals surface area (Å²) in [7, 11) is 1.93. The number of para-hydroxylation sites is 2. The number of H-pyrrole nitrogens is 1. The van der Waals surface area contributed by atoms with Gasteiger partial charge >= 0.3 is 0 Å². The maximum absolute atomic E-state index is 12.5. The van der Waals surface area contributed by atoms with E-state index in [4.69, 9.17) is 0 Å². The number of hydrogen-bond acceptors (Lipinski definition) is 5. The summed E-state index contributed by atoms with van der Waals surface area (Å²) in [6, 6.07) is 21.9. The summed E-state index contributed by atoms with van der Waals surface area (Å²) in [5.74, 6) is 1.98. The number of hydrogen-bond donors (Lipinski definition) is 2. The number of carbonyl (C=O) groups is 1. The Morgan fingerprint density at radius 3 is 2.72 bits per heavy atom. The number of carbonyl (C=O) groups excluding carboxylic acids is 1. The SMILES string of the molecule is Cn1c(CCc2nc3ccccc3[nH]2)nnc1SCC(=O)Nc1cccc2ccccc12. The van der Waals surface area contributed by atoms with Gasteiger partial charge in [0, 0.05) is 31.0 Å². The summed E-state index contributed by atoms with van der Waals surface area (Å²) in [6.07, 6.45) is 1.46. The Kier molecular flexibility index (Phi) is 5.60. The second-order valence-electron chi connectivity index (χ2n) is 7.52. The quantitative estimate of drug-likeness (QED) is 0.366. The van der Waals surface area contributed by atoms with Gasteiger partial charge in [-0.15, -0.1) is 10.2 Å².